The van der Waals surface area contributed by atoms with Crippen LogP contribution in [0.25, 0.3) is 0 Å². The van der Waals surface area contributed by atoms with Crippen LogP contribution in [0.15, 0.2) is 22.4 Å². The number of rotatable bonds is 3. The number of hydrogen-bond acceptors (Lipinski definition) is 5. The van der Waals surface area contributed by atoms with E-state index in [0.29, 0.717) is 19.4 Å². The first-order valence-corrected chi connectivity index (χ1v) is 6.89. The standard InChI is InChI=1S/C9H15N5O3S/c1-13-8(4-5-11-13)18(16,17)14-6-2-3-7(14)9(10)12-15/h4-5,7,15H,2-3,6H2,1H3,(H2,10,12). The number of nitrogens with zero attached hydrogens (tertiary/aromatic N) is 4. The summed E-state index contributed by atoms with van der Waals surface area (Å²) in [6.07, 6.45) is 2.65. The van der Waals surface area contributed by atoms with Crippen LogP contribution in [0.4, 0.5) is 0 Å². The summed E-state index contributed by atoms with van der Waals surface area (Å²) in [4.78, 5) is 0. The second kappa shape index (κ2) is 4.58. The molecule has 8 nitrogen and oxygen atoms in total. The molecule has 1 aromatic heterocycles. The van der Waals surface area contributed by atoms with Crippen LogP contribution in [0.2, 0.25) is 0 Å². The summed E-state index contributed by atoms with van der Waals surface area (Å²) in [5, 5.41) is 15.5. The van der Waals surface area contributed by atoms with Crippen LogP contribution in [-0.2, 0) is 17.1 Å². The summed E-state index contributed by atoms with van der Waals surface area (Å²) in [6, 6.07) is 0.840. The van der Waals surface area contributed by atoms with Gasteiger partial charge in [0.1, 0.15) is 0 Å². The topological polar surface area (TPSA) is 114 Å². The number of aromatic nitrogens is 2. The zero-order chi connectivity index (χ0) is 13.3. The largest absolute Gasteiger partial charge is 0.409 e. The van der Waals surface area contributed by atoms with E-state index in [1.807, 2.05) is 0 Å². The van der Waals surface area contributed by atoms with Gasteiger partial charge in [0, 0.05) is 13.6 Å². The van der Waals surface area contributed by atoms with Crippen molar-refractivity contribution in [2.24, 2.45) is 17.9 Å². The molecule has 0 saturated carbocycles. The second-order valence-electron chi connectivity index (χ2n) is 4.09. The number of nitrogens with two attached hydrogens (primary N) is 1. The van der Waals surface area contributed by atoms with E-state index >= 15 is 0 Å². The lowest BCUT2D eigenvalue weighted by molar-refractivity contribution is 0.311. The monoisotopic (exact) mass is 273 g/mol. The molecule has 0 bridgehead atoms. The van der Waals surface area contributed by atoms with Gasteiger partial charge in [0.25, 0.3) is 10.0 Å². The van der Waals surface area contributed by atoms with E-state index in [4.69, 9.17) is 10.9 Å². The third kappa shape index (κ3) is 1.95. The molecule has 1 aromatic rings. The van der Waals surface area contributed by atoms with E-state index in [9.17, 15) is 8.42 Å². The maximum atomic E-state index is 12.4. The predicted octanol–water partition coefficient (Wildman–Crippen LogP) is -0.680. The van der Waals surface area contributed by atoms with Crippen molar-refractivity contribution in [1.29, 1.82) is 0 Å². The van der Waals surface area contributed by atoms with Crippen molar-refractivity contribution in [2.45, 2.75) is 23.9 Å². The maximum absolute atomic E-state index is 12.4. The van der Waals surface area contributed by atoms with E-state index in [1.54, 1.807) is 7.05 Å². The highest BCUT2D eigenvalue weighted by Gasteiger charge is 2.38. The fourth-order valence-electron chi connectivity index (χ4n) is 2.12. The van der Waals surface area contributed by atoms with E-state index < -0.39 is 16.1 Å². The average molecular weight is 273 g/mol. The van der Waals surface area contributed by atoms with Crippen LogP contribution in [0, 0.1) is 0 Å². The zero-order valence-electron chi connectivity index (χ0n) is 9.89. The highest BCUT2D eigenvalue weighted by atomic mass is 32.2. The zero-order valence-corrected chi connectivity index (χ0v) is 10.7. The van der Waals surface area contributed by atoms with E-state index in [2.05, 4.69) is 10.3 Å². The number of amidine groups is 1. The Morgan fingerprint density at radius 2 is 2.39 bits per heavy atom. The second-order valence-corrected chi connectivity index (χ2v) is 5.93. The van der Waals surface area contributed by atoms with Crippen molar-refractivity contribution in [2.75, 3.05) is 6.54 Å². The molecule has 0 aliphatic carbocycles. The first-order chi connectivity index (χ1) is 8.48. The Hall–Kier alpha value is -1.61. The molecule has 1 aliphatic heterocycles. The third-order valence-corrected chi connectivity index (χ3v) is 4.99. The van der Waals surface area contributed by atoms with Gasteiger partial charge in [-0.2, -0.15) is 9.40 Å². The molecule has 18 heavy (non-hydrogen) atoms. The van der Waals surface area contributed by atoms with Gasteiger partial charge in [-0.05, 0) is 18.9 Å². The SMILES string of the molecule is Cn1nccc1S(=O)(=O)N1CCCC1/C(N)=N/O. The summed E-state index contributed by atoms with van der Waals surface area (Å²) in [7, 11) is -2.11. The Morgan fingerprint density at radius 3 is 2.94 bits per heavy atom. The third-order valence-electron chi connectivity index (χ3n) is 3.01. The maximum Gasteiger partial charge on any atom is 0.260 e. The van der Waals surface area contributed by atoms with Crippen LogP contribution in [-0.4, -0.2) is 46.1 Å². The Kier molecular flexibility index (Phi) is 3.26. The predicted molar refractivity (Wildman–Crippen MR) is 63.5 cm³/mol. The lowest BCUT2D eigenvalue weighted by Crippen LogP contribution is -2.44. The molecular formula is C9H15N5O3S. The van der Waals surface area contributed by atoms with Gasteiger partial charge in [-0.3, -0.25) is 4.68 Å². The van der Waals surface area contributed by atoms with Gasteiger partial charge in [-0.1, -0.05) is 5.16 Å². The highest BCUT2D eigenvalue weighted by molar-refractivity contribution is 7.89. The summed E-state index contributed by atoms with van der Waals surface area (Å²) < 4.78 is 27.4. The molecule has 0 amide bonds. The molecule has 0 radical (unpaired) electrons. The smallest absolute Gasteiger partial charge is 0.260 e. The highest BCUT2D eigenvalue weighted by Crippen LogP contribution is 2.25. The van der Waals surface area contributed by atoms with Crippen molar-refractivity contribution in [3.8, 4) is 0 Å². The molecular weight excluding hydrogens is 258 g/mol. The van der Waals surface area contributed by atoms with Gasteiger partial charge in [0.2, 0.25) is 0 Å². The molecule has 0 spiro atoms. The quantitative estimate of drug-likeness (QED) is 0.328. The number of hydrogen-bond donors (Lipinski definition) is 2. The number of aryl methyl sites for hydroxylation is 1. The Bertz CT molecular complexity index is 565. The van der Waals surface area contributed by atoms with Crippen molar-refractivity contribution in [3.63, 3.8) is 0 Å². The van der Waals surface area contributed by atoms with E-state index in [0.717, 1.165) is 0 Å². The van der Waals surface area contributed by atoms with Gasteiger partial charge in [0.15, 0.2) is 10.9 Å². The fourth-order valence-corrected chi connectivity index (χ4v) is 3.90. The lowest BCUT2D eigenvalue weighted by Gasteiger charge is -2.22. The Morgan fingerprint density at radius 1 is 1.67 bits per heavy atom. The van der Waals surface area contributed by atoms with Gasteiger partial charge in [-0.15, -0.1) is 0 Å². The van der Waals surface area contributed by atoms with Crippen molar-refractivity contribution in [3.05, 3.63) is 12.3 Å². The van der Waals surface area contributed by atoms with Gasteiger partial charge >= 0.3 is 0 Å². The minimum Gasteiger partial charge on any atom is -0.409 e. The van der Waals surface area contributed by atoms with Crippen LogP contribution in [0.3, 0.4) is 0 Å². The molecule has 100 valence electrons. The van der Waals surface area contributed by atoms with E-state index in [-0.39, 0.29) is 10.9 Å². The minimum atomic E-state index is -3.67. The molecule has 1 saturated heterocycles. The molecule has 2 heterocycles. The van der Waals surface area contributed by atoms with Crippen LogP contribution in [0.5, 0.6) is 0 Å². The lowest BCUT2D eigenvalue weighted by atomic mass is 10.2. The van der Waals surface area contributed by atoms with Crippen LogP contribution < -0.4 is 5.73 Å². The van der Waals surface area contributed by atoms with E-state index in [1.165, 1.54) is 21.3 Å². The van der Waals surface area contributed by atoms with Crippen LogP contribution >= 0.6 is 0 Å². The molecule has 3 N–H and O–H groups in total. The molecule has 1 aliphatic rings. The molecule has 9 heteroatoms. The fraction of sp³-hybridized carbons (Fsp3) is 0.556. The Labute approximate surface area is 105 Å². The Balaban J connectivity index is 2.39. The van der Waals surface area contributed by atoms with Crippen molar-refractivity contribution < 1.29 is 13.6 Å². The normalized spacial score (nSPS) is 22.5. The van der Waals surface area contributed by atoms with Gasteiger partial charge in [-0.25, -0.2) is 8.42 Å². The molecule has 1 atom stereocenters. The van der Waals surface area contributed by atoms with Gasteiger partial charge in [0.05, 0.1) is 12.2 Å². The first-order valence-electron chi connectivity index (χ1n) is 5.45. The molecule has 0 aromatic carbocycles. The molecule has 2 rings (SSSR count). The number of sulfonamides is 1. The summed E-state index contributed by atoms with van der Waals surface area (Å²) in [5.74, 6) is -0.0850. The minimum absolute atomic E-state index is 0.0850. The first kappa shape index (κ1) is 12.8. The van der Waals surface area contributed by atoms with Crippen LogP contribution in [0.1, 0.15) is 12.8 Å². The molecule has 1 fully saturated rings. The molecule has 1 unspecified atom stereocenters. The average Bonchev–Trinajstić information content (AvgIpc) is 2.96. The summed E-state index contributed by atoms with van der Waals surface area (Å²) >= 11 is 0. The summed E-state index contributed by atoms with van der Waals surface area (Å²) in [5.41, 5.74) is 5.53. The van der Waals surface area contributed by atoms with Gasteiger partial charge < -0.3 is 10.9 Å². The van der Waals surface area contributed by atoms with Crippen molar-refractivity contribution in [1.82, 2.24) is 14.1 Å². The number of oxime groups is 1. The summed E-state index contributed by atoms with van der Waals surface area (Å²) in [6.45, 7) is 0.356. The van der Waals surface area contributed by atoms with Crippen molar-refractivity contribution >= 4 is 15.9 Å².